The van der Waals surface area contributed by atoms with Crippen molar-refractivity contribution in [2.45, 2.75) is 70.7 Å². The average molecular weight is 428 g/mol. The summed E-state index contributed by atoms with van der Waals surface area (Å²) in [5.74, 6) is 0.816. The average Bonchev–Trinajstić information content (AvgIpc) is 3.26. The molecule has 7 nitrogen and oxygen atoms in total. The lowest BCUT2D eigenvalue weighted by molar-refractivity contribution is 0.0490. The SMILES string of the molecule is CN=C(NCc1ccc(N2CC=CC2)cc1)NC1CCC(NC(=O)OC(C)(C)C)CC1. The summed E-state index contributed by atoms with van der Waals surface area (Å²) >= 11 is 0. The number of aliphatic imine (C=N–C) groups is 1. The van der Waals surface area contributed by atoms with E-state index in [1.54, 1.807) is 7.05 Å². The van der Waals surface area contributed by atoms with Crippen LogP contribution in [0.5, 0.6) is 0 Å². The summed E-state index contributed by atoms with van der Waals surface area (Å²) in [5.41, 5.74) is 2.02. The van der Waals surface area contributed by atoms with Gasteiger partial charge in [-0.15, -0.1) is 0 Å². The van der Waals surface area contributed by atoms with Crippen LogP contribution in [0.15, 0.2) is 41.4 Å². The highest BCUT2D eigenvalue weighted by Gasteiger charge is 2.25. The molecular formula is C24H37N5O2. The molecule has 1 fully saturated rings. The maximum atomic E-state index is 12.0. The van der Waals surface area contributed by atoms with Crippen LogP contribution >= 0.6 is 0 Å². The Morgan fingerprint density at radius 1 is 1.03 bits per heavy atom. The second-order valence-electron chi connectivity index (χ2n) is 9.31. The number of rotatable bonds is 5. The second kappa shape index (κ2) is 10.6. The number of carbonyl (C=O) groups is 1. The molecule has 1 saturated carbocycles. The first-order valence-electron chi connectivity index (χ1n) is 11.3. The number of amides is 1. The molecule has 0 saturated heterocycles. The van der Waals surface area contributed by atoms with Gasteiger partial charge < -0.3 is 25.6 Å². The molecule has 3 N–H and O–H groups in total. The van der Waals surface area contributed by atoms with Crippen molar-refractivity contribution in [1.82, 2.24) is 16.0 Å². The predicted molar refractivity (Wildman–Crippen MR) is 127 cm³/mol. The summed E-state index contributed by atoms with van der Waals surface area (Å²) in [6.07, 6.45) is 7.91. The van der Waals surface area contributed by atoms with E-state index in [2.05, 4.69) is 62.3 Å². The molecule has 0 bridgehead atoms. The quantitative estimate of drug-likeness (QED) is 0.380. The number of hydrogen-bond donors (Lipinski definition) is 3. The van der Waals surface area contributed by atoms with Crippen LogP contribution in [-0.4, -0.2) is 49.9 Å². The molecule has 1 heterocycles. The minimum Gasteiger partial charge on any atom is -0.444 e. The van der Waals surface area contributed by atoms with Crippen molar-refractivity contribution in [3.63, 3.8) is 0 Å². The molecule has 1 aromatic carbocycles. The summed E-state index contributed by atoms with van der Waals surface area (Å²) in [7, 11) is 1.80. The van der Waals surface area contributed by atoms with Gasteiger partial charge >= 0.3 is 6.09 Å². The predicted octanol–water partition coefficient (Wildman–Crippen LogP) is 3.56. The fourth-order valence-corrected chi connectivity index (χ4v) is 3.94. The fourth-order valence-electron chi connectivity index (χ4n) is 3.94. The van der Waals surface area contributed by atoms with Crippen molar-refractivity contribution in [2.24, 2.45) is 4.99 Å². The van der Waals surface area contributed by atoms with E-state index in [1.165, 1.54) is 11.3 Å². The van der Waals surface area contributed by atoms with E-state index in [-0.39, 0.29) is 12.1 Å². The van der Waals surface area contributed by atoms with Gasteiger partial charge in [-0.05, 0) is 64.2 Å². The Hall–Kier alpha value is -2.70. The van der Waals surface area contributed by atoms with Gasteiger partial charge in [-0.3, -0.25) is 4.99 Å². The molecule has 1 amide bonds. The van der Waals surface area contributed by atoms with Gasteiger partial charge in [-0.2, -0.15) is 0 Å². The third kappa shape index (κ3) is 7.49. The van der Waals surface area contributed by atoms with Crippen LogP contribution in [0.4, 0.5) is 10.5 Å². The van der Waals surface area contributed by atoms with Crippen LogP contribution in [0.3, 0.4) is 0 Å². The minimum absolute atomic E-state index is 0.173. The fraction of sp³-hybridized carbons (Fsp3) is 0.583. The number of guanidine groups is 1. The van der Waals surface area contributed by atoms with E-state index in [0.29, 0.717) is 6.04 Å². The van der Waals surface area contributed by atoms with Gasteiger partial charge in [-0.25, -0.2) is 4.79 Å². The Balaban J connectivity index is 1.38. The molecule has 1 aromatic rings. The highest BCUT2D eigenvalue weighted by molar-refractivity contribution is 5.80. The van der Waals surface area contributed by atoms with E-state index >= 15 is 0 Å². The Bertz CT molecular complexity index is 766. The van der Waals surface area contributed by atoms with E-state index < -0.39 is 5.60 Å². The van der Waals surface area contributed by atoms with Crippen molar-refractivity contribution in [1.29, 1.82) is 0 Å². The van der Waals surface area contributed by atoms with Gasteiger partial charge in [0.1, 0.15) is 5.60 Å². The number of benzene rings is 1. The first-order chi connectivity index (χ1) is 14.8. The summed E-state index contributed by atoms with van der Waals surface area (Å²) in [4.78, 5) is 18.7. The zero-order chi connectivity index (χ0) is 22.3. The van der Waals surface area contributed by atoms with Crippen molar-refractivity contribution >= 4 is 17.7 Å². The highest BCUT2D eigenvalue weighted by Crippen LogP contribution is 2.20. The Morgan fingerprint density at radius 2 is 1.61 bits per heavy atom. The first kappa shape index (κ1) is 23.0. The number of carbonyl (C=O) groups excluding carboxylic acids is 1. The zero-order valence-electron chi connectivity index (χ0n) is 19.3. The van der Waals surface area contributed by atoms with Crippen LogP contribution in [0.2, 0.25) is 0 Å². The molecule has 0 radical (unpaired) electrons. The molecule has 1 aliphatic carbocycles. The van der Waals surface area contributed by atoms with Gasteiger partial charge in [0.25, 0.3) is 0 Å². The largest absolute Gasteiger partial charge is 0.444 e. The summed E-state index contributed by atoms with van der Waals surface area (Å²) in [5, 5.41) is 9.93. The molecule has 0 spiro atoms. The number of hydrogen-bond acceptors (Lipinski definition) is 4. The monoisotopic (exact) mass is 427 g/mol. The maximum Gasteiger partial charge on any atom is 0.407 e. The van der Waals surface area contributed by atoms with Crippen LogP contribution in [0.25, 0.3) is 0 Å². The zero-order valence-corrected chi connectivity index (χ0v) is 19.3. The smallest absolute Gasteiger partial charge is 0.407 e. The third-order valence-corrected chi connectivity index (χ3v) is 5.59. The Labute approximate surface area is 186 Å². The van der Waals surface area contributed by atoms with E-state index in [0.717, 1.165) is 51.3 Å². The van der Waals surface area contributed by atoms with Crippen LogP contribution in [0, 0.1) is 0 Å². The number of nitrogens with zero attached hydrogens (tertiary/aromatic N) is 2. The lowest BCUT2D eigenvalue weighted by atomic mass is 9.91. The van der Waals surface area contributed by atoms with Gasteiger partial charge in [0.05, 0.1) is 0 Å². The second-order valence-corrected chi connectivity index (χ2v) is 9.31. The lowest BCUT2D eigenvalue weighted by Gasteiger charge is -2.31. The van der Waals surface area contributed by atoms with Gasteiger partial charge in [0.2, 0.25) is 0 Å². The van der Waals surface area contributed by atoms with E-state index in [9.17, 15) is 4.79 Å². The Morgan fingerprint density at radius 3 is 2.16 bits per heavy atom. The molecule has 1 aliphatic heterocycles. The lowest BCUT2D eigenvalue weighted by Crippen LogP contribution is -2.47. The summed E-state index contributed by atoms with van der Waals surface area (Å²) in [6, 6.07) is 9.22. The molecule has 0 atom stereocenters. The van der Waals surface area contributed by atoms with Crippen LogP contribution in [0.1, 0.15) is 52.0 Å². The van der Waals surface area contributed by atoms with Crippen molar-refractivity contribution < 1.29 is 9.53 Å². The number of alkyl carbamates (subject to hydrolysis) is 1. The highest BCUT2D eigenvalue weighted by atomic mass is 16.6. The van der Waals surface area contributed by atoms with Crippen LogP contribution < -0.4 is 20.9 Å². The minimum atomic E-state index is -0.466. The topological polar surface area (TPSA) is 78.0 Å². The molecule has 2 aliphatic rings. The van der Waals surface area contributed by atoms with Crippen molar-refractivity contribution in [2.75, 3.05) is 25.0 Å². The maximum absolute atomic E-state index is 12.0. The molecule has 3 rings (SSSR count). The molecule has 31 heavy (non-hydrogen) atoms. The van der Waals surface area contributed by atoms with Gasteiger partial charge in [0.15, 0.2) is 5.96 Å². The van der Waals surface area contributed by atoms with E-state index in [1.807, 2.05) is 20.8 Å². The molecule has 0 unspecified atom stereocenters. The first-order valence-corrected chi connectivity index (χ1v) is 11.3. The molecule has 170 valence electrons. The van der Waals surface area contributed by atoms with E-state index in [4.69, 9.17) is 4.74 Å². The number of anilines is 1. The van der Waals surface area contributed by atoms with Crippen molar-refractivity contribution in [3.8, 4) is 0 Å². The number of ether oxygens (including phenoxy) is 1. The van der Waals surface area contributed by atoms with Gasteiger partial charge in [-0.1, -0.05) is 24.3 Å². The van der Waals surface area contributed by atoms with Crippen LogP contribution in [-0.2, 0) is 11.3 Å². The summed E-state index contributed by atoms with van der Waals surface area (Å²) in [6.45, 7) is 8.35. The molecule has 7 heteroatoms. The Kier molecular flexibility index (Phi) is 7.82. The normalized spacial score (nSPS) is 21.7. The molecular weight excluding hydrogens is 390 g/mol. The standard InChI is InChI=1S/C24H37N5O2/c1-24(2,3)31-23(30)28-20-11-9-19(10-12-20)27-22(25-4)26-17-18-7-13-21(14-8-18)29-15-5-6-16-29/h5-8,13-14,19-20H,9-12,15-17H2,1-4H3,(H,28,30)(H2,25,26,27). The third-order valence-electron chi connectivity index (χ3n) is 5.59. The van der Waals surface area contributed by atoms with Gasteiger partial charge in [0, 0.05) is 44.5 Å². The summed E-state index contributed by atoms with van der Waals surface area (Å²) < 4.78 is 5.36. The molecule has 0 aromatic heterocycles. The number of nitrogens with one attached hydrogen (secondary N) is 3. The van der Waals surface area contributed by atoms with Crippen molar-refractivity contribution in [3.05, 3.63) is 42.0 Å².